The molecule has 0 aliphatic rings. The van der Waals surface area contributed by atoms with Crippen LogP contribution >= 0.6 is 11.3 Å². The third kappa shape index (κ3) is 9.11. The molecule has 0 bridgehead atoms. The molecule has 0 aliphatic carbocycles. The minimum atomic E-state index is -0.769. The molecular weight excluding hydrogens is 456 g/mol. The number of alkyl carbamates (subject to hydrolysis) is 1. The number of carbonyl (C=O) groups excluding carboxylic acids is 1. The van der Waals surface area contributed by atoms with Gasteiger partial charge in [-0.1, -0.05) is 74.0 Å². The molecule has 1 amide bonds. The standard InChI is InChI=1S/C29H38N2O3S/c1-5-12-24-20-30-27(35-24)23(17-21-13-8-6-9-14-21)19-26(32)25(18-22-15-10-7-11-16-22)31-28(33)34-29(2,3)4/h6-11,13-16,20,23,25-26,32H,5,12,17-19H2,1-4H3,(H,31,33)/t23?,25-,26-/m0/s1. The van der Waals surface area contributed by atoms with Gasteiger partial charge in [0.15, 0.2) is 0 Å². The minimum Gasteiger partial charge on any atom is -0.444 e. The van der Waals surface area contributed by atoms with Crippen molar-refractivity contribution in [3.63, 3.8) is 0 Å². The third-order valence-corrected chi connectivity index (χ3v) is 6.95. The number of rotatable bonds is 11. The number of nitrogens with one attached hydrogen (secondary N) is 1. The highest BCUT2D eigenvalue weighted by Gasteiger charge is 2.29. The Balaban J connectivity index is 1.82. The predicted molar refractivity (Wildman–Crippen MR) is 143 cm³/mol. The number of aromatic nitrogens is 1. The lowest BCUT2D eigenvalue weighted by molar-refractivity contribution is 0.0405. The molecule has 2 N–H and O–H groups in total. The predicted octanol–water partition coefficient (Wildman–Crippen LogP) is 6.31. The summed E-state index contributed by atoms with van der Waals surface area (Å²) in [4.78, 5) is 18.6. The van der Waals surface area contributed by atoms with Crippen molar-refractivity contribution in [2.24, 2.45) is 0 Å². The number of carbonyl (C=O) groups is 1. The van der Waals surface area contributed by atoms with Gasteiger partial charge in [0.2, 0.25) is 0 Å². The highest BCUT2D eigenvalue weighted by molar-refractivity contribution is 7.11. The smallest absolute Gasteiger partial charge is 0.407 e. The first-order chi connectivity index (χ1) is 16.7. The summed E-state index contributed by atoms with van der Waals surface area (Å²) in [6, 6.07) is 19.7. The molecule has 0 aliphatic heterocycles. The maximum absolute atomic E-state index is 12.6. The number of hydrogen-bond acceptors (Lipinski definition) is 5. The quantitative estimate of drug-likeness (QED) is 0.328. The molecule has 3 rings (SSSR count). The normalized spacial score (nSPS) is 14.2. The van der Waals surface area contributed by atoms with Crippen LogP contribution in [0.4, 0.5) is 4.79 Å². The van der Waals surface area contributed by atoms with Crippen molar-refractivity contribution in [2.45, 2.75) is 83.5 Å². The monoisotopic (exact) mass is 494 g/mol. The van der Waals surface area contributed by atoms with Crippen LogP contribution in [-0.4, -0.2) is 33.9 Å². The number of thiazole rings is 1. The van der Waals surface area contributed by atoms with Crippen molar-refractivity contribution in [1.29, 1.82) is 0 Å². The van der Waals surface area contributed by atoms with Gasteiger partial charge in [0.25, 0.3) is 0 Å². The van der Waals surface area contributed by atoms with E-state index < -0.39 is 23.8 Å². The van der Waals surface area contributed by atoms with Crippen LogP contribution < -0.4 is 5.32 Å². The van der Waals surface area contributed by atoms with Gasteiger partial charge in [-0.3, -0.25) is 0 Å². The van der Waals surface area contributed by atoms with Gasteiger partial charge in [-0.05, 0) is 57.6 Å². The van der Waals surface area contributed by atoms with Crippen LogP contribution in [0.3, 0.4) is 0 Å². The number of benzene rings is 2. The first-order valence-corrected chi connectivity index (χ1v) is 13.2. The summed E-state index contributed by atoms with van der Waals surface area (Å²) in [6.45, 7) is 7.67. The number of amides is 1. The Hall–Kier alpha value is -2.70. The van der Waals surface area contributed by atoms with E-state index in [1.807, 2.05) is 75.5 Å². The average Bonchev–Trinajstić information content (AvgIpc) is 3.27. The highest BCUT2D eigenvalue weighted by Crippen LogP contribution is 2.31. The summed E-state index contributed by atoms with van der Waals surface area (Å²) in [7, 11) is 0. The van der Waals surface area contributed by atoms with E-state index in [1.165, 1.54) is 10.4 Å². The Morgan fingerprint density at radius 3 is 2.20 bits per heavy atom. The van der Waals surface area contributed by atoms with Crippen molar-refractivity contribution < 1.29 is 14.6 Å². The number of aryl methyl sites for hydroxylation is 1. The second-order valence-electron chi connectivity index (χ2n) is 10.0. The Bertz CT molecular complexity index is 1030. The molecule has 1 heterocycles. The molecule has 6 heteroatoms. The van der Waals surface area contributed by atoms with Crippen molar-refractivity contribution in [3.05, 3.63) is 87.9 Å². The van der Waals surface area contributed by atoms with Gasteiger partial charge in [-0.2, -0.15) is 0 Å². The van der Waals surface area contributed by atoms with Gasteiger partial charge >= 0.3 is 6.09 Å². The van der Waals surface area contributed by atoms with Crippen LogP contribution in [0.5, 0.6) is 0 Å². The van der Waals surface area contributed by atoms with Gasteiger partial charge in [0.1, 0.15) is 5.60 Å². The molecule has 1 unspecified atom stereocenters. The van der Waals surface area contributed by atoms with E-state index in [2.05, 4.69) is 24.4 Å². The van der Waals surface area contributed by atoms with E-state index in [1.54, 1.807) is 11.3 Å². The fraction of sp³-hybridized carbons (Fsp3) is 0.448. The van der Waals surface area contributed by atoms with E-state index in [0.717, 1.165) is 29.8 Å². The van der Waals surface area contributed by atoms with Gasteiger partial charge in [-0.15, -0.1) is 11.3 Å². The minimum absolute atomic E-state index is 0.0433. The van der Waals surface area contributed by atoms with E-state index in [0.29, 0.717) is 12.8 Å². The van der Waals surface area contributed by atoms with Crippen LogP contribution in [0.1, 0.15) is 67.5 Å². The molecule has 3 atom stereocenters. The fourth-order valence-electron chi connectivity index (χ4n) is 4.11. The van der Waals surface area contributed by atoms with Crippen molar-refractivity contribution in [3.8, 4) is 0 Å². The lowest BCUT2D eigenvalue weighted by Gasteiger charge is -2.29. The molecule has 0 saturated heterocycles. The lowest BCUT2D eigenvalue weighted by Crippen LogP contribution is -2.47. The van der Waals surface area contributed by atoms with E-state index in [4.69, 9.17) is 9.72 Å². The molecule has 3 aromatic rings. The maximum atomic E-state index is 12.6. The van der Waals surface area contributed by atoms with Crippen molar-refractivity contribution >= 4 is 17.4 Å². The SMILES string of the molecule is CCCc1cnc(C(Cc2ccccc2)C[C@H](O)[C@H](Cc2ccccc2)NC(=O)OC(C)(C)C)s1. The number of ether oxygens (including phenoxy) is 1. The van der Waals surface area contributed by atoms with Gasteiger partial charge < -0.3 is 15.2 Å². The number of nitrogens with zero attached hydrogens (tertiary/aromatic N) is 1. The largest absolute Gasteiger partial charge is 0.444 e. The summed E-state index contributed by atoms with van der Waals surface area (Å²) in [6.07, 6.45) is 4.54. The van der Waals surface area contributed by atoms with Crippen molar-refractivity contribution in [1.82, 2.24) is 10.3 Å². The average molecular weight is 495 g/mol. The van der Waals surface area contributed by atoms with Crippen LogP contribution in [-0.2, 0) is 24.0 Å². The molecule has 0 saturated carbocycles. The Morgan fingerprint density at radius 2 is 1.63 bits per heavy atom. The molecule has 35 heavy (non-hydrogen) atoms. The third-order valence-electron chi connectivity index (χ3n) is 5.73. The molecule has 0 spiro atoms. The Labute approximate surface area is 213 Å². The topological polar surface area (TPSA) is 71.5 Å². The maximum Gasteiger partial charge on any atom is 0.407 e. The lowest BCUT2D eigenvalue weighted by atomic mass is 9.89. The molecule has 2 aromatic carbocycles. The van der Waals surface area contributed by atoms with Gasteiger partial charge in [-0.25, -0.2) is 9.78 Å². The van der Waals surface area contributed by atoms with E-state index in [-0.39, 0.29) is 5.92 Å². The zero-order valence-corrected chi connectivity index (χ0v) is 22.1. The Morgan fingerprint density at radius 1 is 1.03 bits per heavy atom. The summed E-state index contributed by atoms with van der Waals surface area (Å²) < 4.78 is 5.50. The van der Waals surface area contributed by atoms with E-state index >= 15 is 0 Å². The first kappa shape index (κ1) is 26.9. The number of aliphatic hydroxyl groups excluding tert-OH is 1. The summed E-state index contributed by atoms with van der Waals surface area (Å²) >= 11 is 1.73. The zero-order valence-electron chi connectivity index (χ0n) is 21.2. The zero-order chi connectivity index (χ0) is 25.3. The Kier molecular flexibility index (Phi) is 9.87. The van der Waals surface area contributed by atoms with E-state index in [9.17, 15) is 9.90 Å². The number of hydrogen-bond donors (Lipinski definition) is 2. The van der Waals surface area contributed by atoms with Gasteiger partial charge in [0.05, 0.1) is 17.2 Å². The van der Waals surface area contributed by atoms with Crippen LogP contribution in [0.15, 0.2) is 66.9 Å². The highest BCUT2D eigenvalue weighted by atomic mass is 32.1. The number of aliphatic hydroxyl groups is 1. The first-order valence-electron chi connectivity index (χ1n) is 12.4. The molecule has 1 aromatic heterocycles. The van der Waals surface area contributed by atoms with Gasteiger partial charge in [0, 0.05) is 17.0 Å². The molecular formula is C29H38N2O3S. The van der Waals surface area contributed by atoms with Crippen LogP contribution in [0.2, 0.25) is 0 Å². The fourth-order valence-corrected chi connectivity index (χ4v) is 5.24. The second-order valence-corrected chi connectivity index (χ2v) is 11.2. The summed E-state index contributed by atoms with van der Waals surface area (Å²) in [5.74, 6) is 0.0433. The molecule has 188 valence electrons. The van der Waals surface area contributed by atoms with Crippen LogP contribution in [0, 0.1) is 0 Å². The van der Waals surface area contributed by atoms with Crippen molar-refractivity contribution in [2.75, 3.05) is 0 Å². The molecule has 0 fully saturated rings. The summed E-state index contributed by atoms with van der Waals surface area (Å²) in [5, 5.41) is 15.4. The van der Waals surface area contributed by atoms with Crippen LogP contribution in [0.25, 0.3) is 0 Å². The molecule has 5 nitrogen and oxygen atoms in total. The summed E-state index contributed by atoms with van der Waals surface area (Å²) in [5.41, 5.74) is 1.64. The second kappa shape index (κ2) is 12.8. The molecule has 0 radical (unpaired) electrons.